The molecule has 0 saturated heterocycles. The number of hydrogen-bond acceptors (Lipinski definition) is 3. The Balaban J connectivity index is 1.94. The molecule has 1 saturated carbocycles. The van der Waals surface area contributed by atoms with Crippen LogP contribution in [0.4, 0.5) is 0 Å². The van der Waals surface area contributed by atoms with Crippen molar-refractivity contribution in [1.29, 1.82) is 0 Å². The van der Waals surface area contributed by atoms with E-state index < -0.39 is 0 Å². The highest BCUT2D eigenvalue weighted by atomic mass is 32.1. The monoisotopic (exact) mass is 308 g/mol. The van der Waals surface area contributed by atoms with Gasteiger partial charge in [0.25, 0.3) is 0 Å². The summed E-state index contributed by atoms with van der Waals surface area (Å²) in [6, 6.07) is 3.24. The molecule has 0 bridgehead atoms. The zero-order valence-electron chi connectivity index (χ0n) is 13.3. The zero-order chi connectivity index (χ0) is 15.2. The van der Waals surface area contributed by atoms with Crippen molar-refractivity contribution in [2.24, 2.45) is 5.73 Å². The molecule has 1 aliphatic carbocycles. The molecule has 1 aliphatic rings. The molecule has 1 heterocycles. The minimum atomic E-state index is 0.471. The molecule has 1 aromatic heterocycles. The Kier molecular flexibility index (Phi) is 6.18. The predicted octanol–water partition coefficient (Wildman–Crippen LogP) is 3.27. The van der Waals surface area contributed by atoms with E-state index in [9.17, 15) is 0 Å². The smallest absolute Gasteiger partial charge is 0.0764 e. The highest BCUT2D eigenvalue weighted by molar-refractivity contribution is 7.80. The molecule has 0 aromatic carbocycles. The van der Waals surface area contributed by atoms with Gasteiger partial charge in [-0.3, -0.25) is 9.58 Å². The van der Waals surface area contributed by atoms with Crippen LogP contribution in [-0.2, 0) is 6.54 Å². The number of rotatable bonds is 7. The first kappa shape index (κ1) is 16.4. The molecule has 2 rings (SSSR count). The normalized spacial score (nSPS) is 16.8. The summed E-state index contributed by atoms with van der Waals surface area (Å²) in [4.78, 5) is 2.97. The van der Waals surface area contributed by atoms with Gasteiger partial charge in [0, 0.05) is 31.7 Å². The van der Waals surface area contributed by atoms with Crippen LogP contribution in [-0.4, -0.2) is 32.3 Å². The van der Waals surface area contributed by atoms with Crippen molar-refractivity contribution in [2.45, 2.75) is 71.0 Å². The molecule has 2 N–H and O–H groups in total. The van der Waals surface area contributed by atoms with Crippen molar-refractivity contribution >= 4 is 17.2 Å². The largest absolute Gasteiger partial charge is 0.393 e. The van der Waals surface area contributed by atoms with Gasteiger partial charge in [-0.05, 0) is 32.8 Å². The van der Waals surface area contributed by atoms with Crippen molar-refractivity contribution in [3.05, 3.63) is 18.0 Å². The molecule has 5 heteroatoms. The predicted molar refractivity (Wildman–Crippen MR) is 91.3 cm³/mol. The fourth-order valence-corrected chi connectivity index (χ4v) is 3.08. The van der Waals surface area contributed by atoms with E-state index in [0.29, 0.717) is 17.1 Å². The second kappa shape index (κ2) is 7.90. The molecule has 0 radical (unpaired) electrons. The molecular formula is C16H28N4S. The number of hydrogen-bond donors (Lipinski definition) is 1. The third kappa shape index (κ3) is 5.08. The quantitative estimate of drug-likeness (QED) is 0.785. The molecule has 118 valence electrons. The van der Waals surface area contributed by atoms with Crippen LogP contribution < -0.4 is 5.73 Å². The Bertz CT molecular complexity index is 449. The van der Waals surface area contributed by atoms with E-state index >= 15 is 0 Å². The first-order chi connectivity index (χ1) is 10.1. The lowest BCUT2D eigenvalue weighted by molar-refractivity contribution is 0.215. The summed E-state index contributed by atoms with van der Waals surface area (Å²) in [7, 11) is 0. The van der Waals surface area contributed by atoms with Gasteiger partial charge in [-0.1, -0.05) is 31.5 Å². The maximum Gasteiger partial charge on any atom is 0.0764 e. The number of aromatic nitrogens is 2. The standard InChI is InChI=1S/C16H28N4S/c1-13(2)19(10-9-16(17)21)12-14-8-11-20(18-14)15-6-4-3-5-7-15/h8,11,13,15H,3-7,9-10,12H2,1-2H3,(H2,17,21). The first-order valence-electron chi connectivity index (χ1n) is 8.12. The number of thiocarbonyl (C=S) groups is 1. The fraction of sp³-hybridized carbons (Fsp3) is 0.750. The summed E-state index contributed by atoms with van der Waals surface area (Å²) in [5, 5.41) is 4.79. The molecule has 0 spiro atoms. The van der Waals surface area contributed by atoms with Crippen LogP contribution in [0.5, 0.6) is 0 Å². The zero-order valence-corrected chi connectivity index (χ0v) is 14.1. The Morgan fingerprint density at radius 1 is 1.43 bits per heavy atom. The lowest BCUT2D eigenvalue weighted by Gasteiger charge is -2.25. The van der Waals surface area contributed by atoms with Crippen LogP contribution in [0, 0.1) is 0 Å². The van der Waals surface area contributed by atoms with Crippen LogP contribution in [0.25, 0.3) is 0 Å². The van der Waals surface area contributed by atoms with Gasteiger partial charge in [0.2, 0.25) is 0 Å². The van der Waals surface area contributed by atoms with Crippen molar-refractivity contribution in [2.75, 3.05) is 6.54 Å². The lowest BCUT2D eigenvalue weighted by Crippen LogP contribution is -2.33. The van der Waals surface area contributed by atoms with Gasteiger partial charge in [-0.2, -0.15) is 5.10 Å². The third-order valence-corrected chi connectivity index (χ3v) is 4.56. The first-order valence-corrected chi connectivity index (χ1v) is 8.53. The van der Waals surface area contributed by atoms with E-state index in [2.05, 4.69) is 35.7 Å². The van der Waals surface area contributed by atoms with Gasteiger partial charge in [0.15, 0.2) is 0 Å². The second-order valence-corrected chi connectivity index (χ2v) is 6.88. The Labute approximate surface area is 133 Å². The SMILES string of the molecule is CC(C)N(CCC(N)=S)Cc1ccn(C2CCCCC2)n1. The summed E-state index contributed by atoms with van der Waals surface area (Å²) in [6.07, 6.45) is 9.53. The van der Waals surface area contributed by atoms with Crippen LogP contribution in [0.3, 0.4) is 0 Å². The molecule has 0 atom stereocenters. The van der Waals surface area contributed by atoms with Gasteiger partial charge in [-0.15, -0.1) is 0 Å². The summed E-state index contributed by atoms with van der Waals surface area (Å²) < 4.78 is 2.18. The molecule has 0 unspecified atom stereocenters. The van der Waals surface area contributed by atoms with Crippen molar-refractivity contribution in [3.63, 3.8) is 0 Å². The molecule has 0 aliphatic heterocycles. The molecule has 4 nitrogen and oxygen atoms in total. The van der Waals surface area contributed by atoms with Crippen molar-refractivity contribution < 1.29 is 0 Å². The van der Waals surface area contributed by atoms with Gasteiger partial charge in [-0.25, -0.2) is 0 Å². The van der Waals surface area contributed by atoms with E-state index in [0.717, 1.165) is 25.2 Å². The van der Waals surface area contributed by atoms with Gasteiger partial charge >= 0.3 is 0 Å². The van der Waals surface area contributed by atoms with Crippen LogP contribution in [0.15, 0.2) is 12.3 Å². The summed E-state index contributed by atoms with van der Waals surface area (Å²) in [5.74, 6) is 0. The molecule has 21 heavy (non-hydrogen) atoms. The Hall–Kier alpha value is -0.940. The van der Waals surface area contributed by atoms with Crippen LogP contribution in [0.2, 0.25) is 0 Å². The number of nitrogens with two attached hydrogens (primary N) is 1. The fourth-order valence-electron chi connectivity index (χ4n) is 2.99. The van der Waals surface area contributed by atoms with Crippen molar-refractivity contribution in [1.82, 2.24) is 14.7 Å². The summed E-state index contributed by atoms with van der Waals surface area (Å²) in [6.45, 7) is 6.19. The average Bonchev–Trinajstić information content (AvgIpc) is 2.92. The topological polar surface area (TPSA) is 47.1 Å². The third-order valence-electron chi connectivity index (χ3n) is 4.35. The van der Waals surface area contributed by atoms with Crippen molar-refractivity contribution in [3.8, 4) is 0 Å². The summed E-state index contributed by atoms with van der Waals surface area (Å²) in [5.41, 5.74) is 6.77. The molecular weight excluding hydrogens is 280 g/mol. The molecule has 1 fully saturated rings. The van der Waals surface area contributed by atoms with E-state index in [1.165, 1.54) is 32.1 Å². The minimum Gasteiger partial charge on any atom is -0.393 e. The van der Waals surface area contributed by atoms with Crippen LogP contribution >= 0.6 is 12.2 Å². The maximum atomic E-state index is 5.62. The second-order valence-electron chi connectivity index (χ2n) is 6.36. The summed E-state index contributed by atoms with van der Waals surface area (Å²) >= 11 is 4.99. The van der Waals surface area contributed by atoms with Crippen LogP contribution in [0.1, 0.15) is 64.1 Å². The van der Waals surface area contributed by atoms with E-state index in [-0.39, 0.29) is 0 Å². The Morgan fingerprint density at radius 2 is 2.14 bits per heavy atom. The highest BCUT2D eigenvalue weighted by Gasteiger charge is 2.17. The maximum absolute atomic E-state index is 5.62. The van der Waals surface area contributed by atoms with Gasteiger partial charge in [0.1, 0.15) is 0 Å². The van der Waals surface area contributed by atoms with E-state index in [1.807, 2.05) is 0 Å². The minimum absolute atomic E-state index is 0.471. The van der Waals surface area contributed by atoms with E-state index in [4.69, 9.17) is 23.1 Å². The Morgan fingerprint density at radius 3 is 2.76 bits per heavy atom. The highest BCUT2D eigenvalue weighted by Crippen LogP contribution is 2.27. The molecule has 1 aromatic rings. The van der Waals surface area contributed by atoms with E-state index in [1.54, 1.807) is 0 Å². The van der Waals surface area contributed by atoms with Gasteiger partial charge in [0.05, 0.1) is 16.7 Å². The average molecular weight is 308 g/mol. The number of nitrogens with zero attached hydrogens (tertiary/aromatic N) is 3. The van der Waals surface area contributed by atoms with Gasteiger partial charge < -0.3 is 5.73 Å². The molecule has 0 amide bonds. The lowest BCUT2D eigenvalue weighted by atomic mass is 9.96.